The lowest BCUT2D eigenvalue weighted by Crippen LogP contribution is -2.32. The third kappa shape index (κ3) is 5.80. The summed E-state index contributed by atoms with van der Waals surface area (Å²) in [4.78, 5) is 14.5. The Morgan fingerprint density at radius 3 is 2.48 bits per heavy atom. The quantitative estimate of drug-likeness (QED) is 0.708. The van der Waals surface area contributed by atoms with Gasteiger partial charge in [0.15, 0.2) is 0 Å². The second-order valence-electron chi connectivity index (χ2n) is 8.06. The Bertz CT molecular complexity index is 573. The highest BCUT2D eigenvalue weighted by Gasteiger charge is 2.29. The number of hydrazine groups is 1. The largest absolute Gasteiger partial charge is 0.390 e. The van der Waals surface area contributed by atoms with Gasteiger partial charge in [0.25, 0.3) is 5.91 Å². The minimum absolute atomic E-state index is 0.0596. The topological polar surface area (TPSA) is 64.6 Å². The lowest BCUT2D eigenvalue weighted by Gasteiger charge is -2.23. The Labute approximate surface area is 151 Å². The van der Waals surface area contributed by atoms with Gasteiger partial charge < -0.3 is 10.0 Å². The van der Waals surface area contributed by atoms with E-state index in [1.165, 1.54) is 0 Å². The molecule has 25 heavy (non-hydrogen) atoms. The van der Waals surface area contributed by atoms with Crippen LogP contribution in [0.5, 0.6) is 0 Å². The number of rotatable bonds is 7. The van der Waals surface area contributed by atoms with Gasteiger partial charge in [-0.25, -0.2) is 0 Å². The molecule has 0 saturated carbocycles. The van der Waals surface area contributed by atoms with E-state index >= 15 is 0 Å². The number of amides is 1. The van der Waals surface area contributed by atoms with Crippen LogP contribution in [0.2, 0.25) is 0 Å². The molecule has 1 aliphatic heterocycles. The molecule has 1 fully saturated rings. The van der Waals surface area contributed by atoms with Crippen molar-refractivity contribution in [1.82, 2.24) is 15.8 Å². The standard InChI is InChI=1S/C20H33N3O2/c1-14-18(15(2)22-21-14)10-12-23(5)19(24)17-8-6-7-16(13-17)9-11-20(3,4)25/h6-8,13-15,18,21-22,25H,9-12H2,1-5H3. The van der Waals surface area contributed by atoms with Crippen LogP contribution < -0.4 is 10.9 Å². The normalized spacial score (nSPS) is 23.7. The fourth-order valence-corrected chi connectivity index (χ4v) is 3.38. The first-order chi connectivity index (χ1) is 11.7. The molecule has 1 heterocycles. The van der Waals surface area contributed by atoms with Crippen LogP contribution in [0.4, 0.5) is 0 Å². The number of carbonyl (C=O) groups is 1. The Balaban J connectivity index is 1.92. The molecule has 5 heteroatoms. The molecule has 2 atom stereocenters. The average Bonchev–Trinajstić information content (AvgIpc) is 2.88. The number of nitrogens with zero attached hydrogens (tertiary/aromatic N) is 1. The Kier molecular flexibility index (Phi) is 6.60. The third-order valence-electron chi connectivity index (χ3n) is 5.17. The van der Waals surface area contributed by atoms with E-state index in [-0.39, 0.29) is 5.91 Å². The van der Waals surface area contributed by atoms with Crippen LogP contribution in [0.15, 0.2) is 24.3 Å². The van der Waals surface area contributed by atoms with Crippen molar-refractivity contribution in [3.8, 4) is 0 Å². The number of benzene rings is 1. The third-order valence-corrected chi connectivity index (χ3v) is 5.17. The monoisotopic (exact) mass is 347 g/mol. The Hall–Kier alpha value is -1.43. The van der Waals surface area contributed by atoms with E-state index in [1.54, 1.807) is 0 Å². The molecular formula is C20H33N3O2. The zero-order valence-electron chi connectivity index (χ0n) is 16.2. The highest BCUT2D eigenvalue weighted by molar-refractivity contribution is 5.94. The average molecular weight is 348 g/mol. The molecule has 0 spiro atoms. The van der Waals surface area contributed by atoms with Crippen molar-refractivity contribution in [1.29, 1.82) is 0 Å². The molecule has 1 amide bonds. The van der Waals surface area contributed by atoms with Gasteiger partial charge in [0, 0.05) is 31.2 Å². The van der Waals surface area contributed by atoms with Crippen molar-refractivity contribution in [3.05, 3.63) is 35.4 Å². The summed E-state index contributed by atoms with van der Waals surface area (Å²) in [6.07, 6.45) is 2.42. The molecule has 1 aromatic carbocycles. The van der Waals surface area contributed by atoms with Gasteiger partial charge in [-0.05, 0) is 70.6 Å². The van der Waals surface area contributed by atoms with E-state index in [2.05, 4.69) is 24.7 Å². The van der Waals surface area contributed by atoms with Crippen LogP contribution in [-0.4, -0.2) is 47.2 Å². The fourth-order valence-electron chi connectivity index (χ4n) is 3.38. The molecule has 5 nitrogen and oxygen atoms in total. The van der Waals surface area contributed by atoms with Crippen molar-refractivity contribution in [2.24, 2.45) is 5.92 Å². The number of nitrogens with one attached hydrogen (secondary N) is 2. The summed E-state index contributed by atoms with van der Waals surface area (Å²) in [5.41, 5.74) is 7.65. The summed E-state index contributed by atoms with van der Waals surface area (Å²) in [6.45, 7) is 8.72. The molecule has 2 rings (SSSR count). The maximum absolute atomic E-state index is 12.7. The van der Waals surface area contributed by atoms with E-state index < -0.39 is 5.60 Å². The zero-order chi connectivity index (χ0) is 18.6. The van der Waals surface area contributed by atoms with Crippen molar-refractivity contribution < 1.29 is 9.90 Å². The molecule has 0 aliphatic carbocycles. The van der Waals surface area contributed by atoms with Crippen LogP contribution >= 0.6 is 0 Å². The summed E-state index contributed by atoms with van der Waals surface area (Å²) < 4.78 is 0. The fraction of sp³-hybridized carbons (Fsp3) is 0.650. The summed E-state index contributed by atoms with van der Waals surface area (Å²) in [7, 11) is 1.87. The second-order valence-corrected chi connectivity index (χ2v) is 8.06. The van der Waals surface area contributed by atoms with Crippen molar-refractivity contribution in [2.45, 2.75) is 64.6 Å². The Morgan fingerprint density at radius 1 is 1.24 bits per heavy atom. The van der Waals surface area contributed by atoms with E-state index in [0.29, 0.717) is 24.4 Å². The minimum atomic E-state index is -0.687. The molecule has 1 aromatic rings. The molecule has 3 N–H and O–H groups in total. The number of aliphatic hydroxyl groups is 1. The zero-order valence-corrected chi connectivity index (χ0v) is 16.2. The van der Waals surface area contributed by atoms with E-state index in [0.717, 1.165) is 30.5 Å². The van der Waals surface area contributed by atoms with Crippen LogP contribution in [-0.2, 0) is 6.42 Å². The molecule has 0 radical (unpaired) electrons. The van der Waals surface area contributed by atoms with Crippen LogP contribution in [0, 0.1) is 5.92 Å². The van der Waals surface area contributed by atoms with Gasteiger partial charge in [-0.2, -0.15) is 0 Å². The maximum atomic E-state index is 12.7. The number of hydrogen-bond acceptors (Lipinski definition) is 4. The molecule has 0 aromatic heterocycles. The van der Waals surface area contributed by atoms with Gasteiger partial charge in [0.05, 0.1) is 5.60 Å². The van der Waals surface area contributed by atoms with E-state index in [4.69, 9.17) is 0 Å². The number of hydrogen-bond donors (Lipinski definition) is 3. The van der Waals surface area contributed by atoms with Gasteiger partial charge in [-0.15, -0.1) is 0 Å². The smallest absolute Gasteiger partial charge is 0.253 e. The lowest BCUT2D eigenvalue weighted by molar-refractivity contribution is 0.0714. The van der Waals surface area contributed by atoms with E-state index in [1.807, 2.05) is 50.1 Å². The van der Waals surface area contributed by atoms with Crippen molar-refractivity contribution in [2.75, 3.05) is 13.6 Å². The van der Waals surface area contributed by atoms with Crippen molar-refractivity contribution >= 4 is 5.91 Å². The first kappa shape index (κ1) is 19.9. The molecular weight excluding hydrogens is 314 g/mol. The van der Waals surface area contributed by atoms with Crippen LogP contribution in [0.25, 0.3) is 0 Å². The van der Waals surface area contributed by atoms with Gasteiger partial charge in [-0.3, -0.25) is 15.6 Å². The predicted octanol–water partition coefficient (Wildman–Crippen LogP) is 2.35. The second kappa shape index (κ2) is 8.30. The van der Waals surface area contributed by atoms with Gasteiger partial charge in [-0.1, -0.05) is 12.1 Å². The number of aryl methyl sites for hydroxylation is 1. The number of carbonyl (C=O) groups excluding carboxylic acids is 1. The van der Waals surface area contributed by atoms with Crippen molar-refractivity contribution in [3.63, 3.8) is 0 Å². The van der Waals surface area contributed by atoms with Crippen LogP contribution in [0.3, 0.4) is 0 Å². The first-order valence-corrected chi connectivity index (χ1v) is 9.25. The molecule has 140 valence electrons. The summed E-state index contributed by atoms with van der Waals surface area (Å²) in [6, 6.07) is 8.61. The van der Waals surface area contributed by atoms with Gasteiger partial charge in [0.1, 0.15) is 0 Å². The molecule has 1 saturated heterocycles. The SMILES string of the molecule is CC1NNC(C)C1CCN(C)C(=O)c1cccc(CCC(C)(C)O)c1. The lowest BCUT2D eigenvalue weighted by atomic mass is 9.93. The molecule has 1 aliphatic rings. The minimum Gasteiger partial charge on any atom is -0.390 e. The summed E-state index contributed by atoms with van der Waals surface area (Å²) in [5, 5.41) is 9.88. The Morgan fingerprint density at radius 2 is 1.88 bits per heavy atom. The van der Waals surface area contributed by atoms with Gasteiger partial charge >= 0.3 is 0 Å². The van der Waals surface area contributed by atoms with E-state index in [9.17, 15) is 9.90 Å². The molecule has 2 unspecified atom stereocenters. The highest BCUT2D eigenvalue weighted by Crippen LogP contribution is 2.19. The summed E-state index contributed by atoms with van der Waals surface area (Å²) in [5.74, 6) is 0.581. The highest BCUT2D eigenvalue weighted by atomic mass is 16.3. The predicted molar refractivity (Wildman–Crippen MR) is 101 cm³/mol. The maximum Gasteiger partial charge on any atom is 0.253 e. The van der Waals surface area contributed by atoms with Crippen LogP contribution in [0.1, 0.15) is 56.5 Å². The summed E-state index contributed by atoms with van der Waals surface area (Å²) >= 11 is 0. The molecule has 0 bridgehead atoms. The first-order valence-electron chi connectivity index (χ1n) is 9.25. The van der Waals surface area contributed by atoms with Gasteiger partial charge in [0.2, 0.25) is 0 Å².